The van der Waals surface area contributed by atoms with Gasteiger partial charge >= 0.3 is 0 Å². The largest absolute Gasteiger partial charge is 0.327 e. The van der Waals surface area contributed by atoms with Crippen molar-refractivity contribution in [3.63, 3.8) is 0 Å². The Morgan fingerprint density at radius 2 is 1.57 bits per heavy atom. The van der Waals surface area contributed by atoms with Gasteiger partial charge in [0.1, 0.15) is 12.8 Å². The summed E-state index contributed by atoms with van der Waals surface area (Å²) in [6, 6.07) is 10.6. The van der Waals surface area contributed by atoms with Gasteiger partial charge in [-0.25, -0.2) is 0 Å². The third kappa shape index (κ3) is 7.50. The van der Waals surface area contributed by atoms with Crippen LogP contribution in [0, 0.1) is 0 Å². The second-order valence-corrected chi connectivity index (χ2v) is 4.17. The van der Waals surface area contributed by atoms with E-state index in [-0.39, 0.29) is 0 Å². The highest BCUT2D eigenvalue weighted by atomic mass is 16.1. The lowest BCUT2D eigenvalue weighted by Gasteiger charge is -2.23. The second kappa shape index (κ2) is 6.33. The normalized spacial score (nSPS) is 10.0. The molecule has 2 nitrogen and oxygen atoms in total. The molecule has 78 valence electrons. The van der Waals surface area contributed by atoms with Crippen molar-refractivity contribution in [2.75, 3.05) is 21.1 Å². The van der Waals surface area contributed by atoms with Crippen LogP contribution in [0.5, 0.6) is 0 Å². The molecule has 0 aromatic heterocycles. The number of carbonyl (C=O) groups is 1. The van der Waals surface area contributed by atoms with Crippen molar-refractivity contribution in [1.82, 2.24) is 0 Å². The minimum atomic E-state index is 0.750. The maximum atomic E-state index is 8.81. The fourth-order valence-corrected chi connectivity index (χ4v) is 1.13. The molecule has 0 unspecified atom stereocenters. The molecule has 0 aliphatic rings. The Balaban J connectivity index is 0.000000500. The van der Waals surface area contributed by atoms with Crippen LogP contribution < -0.4 is 0 Å². The van der Waals surface area contributed by atoms with E-state index in [0.717, 1.165) is 17.3 Å². The van der Waals surface area contributed by atoms with Crippen LogP contribution in [0.25, 0.3) is 0 Å². The smallest absolute Gasteiger partial charge is 0.116 e. The summed E-state index contributed by atoms with van der Waals surface area (Å²) in [7, 11) is 6.60. The predicted molar refractivity (Wildman–Crippen MR) is 59.9 cm³/mol. The lowest BCUT2D eigenvalue weighted by molar-refractivity contribution is -0.884. The van der Waals surface area contributed by atoms with Crippen LogP contribution in [0.4, 0.5) is 0 Å². The van der Waals surface area contributed by atoms with Crippen LogP contribution in [-0.4, -0.2) is 31.9 Å². The highest BCUT2D eigenvalue weighted by molar-refractivity contribution is 5.44. The Morgan fingerprint density at radius 3 is 1.93 bits per heavy atom. The van der Waals surface area contributed by atoms with Gasteiger partial charge in [0.2, 0.25) is 0 Å². The van der Waals surface area contributed by atoms with E-state index in [4.69, 9.17) is 4.79 Å². The fraction of sp³-hybridized carbons (Fsp3) is 0.417. The van der Waals surface area contributed by atoms with Gasteiger partial charge < -0.3 is 9.28 Å². The summed E-state index contributed by atoms with van der Waals surface area (Å²) in [6.07, 6.45) is 0.750. The Bertz CT molecular complexity index is 249. The molecule has 0 bridgehead atoms. The summed E-state index contributed by atoms with van der Waals surface area (Å²) >= 11 is 0. The first kappa shape index (κ1) is 12.8. The molecular weight excluding hydrogens is 174 g/mol. The van der Waals surface area contributed by atoms with Gasteiger partial charge in [0.05, 0.1) is 21.1 Å². The Kier molecular flexibility index (Phi) is 5.81. The number of benzene rings is 1. The van der Waals surface area contributed by atoms with Crippen molar-refractivity contribution >= 4 is 6.29 Å². The monoisotopic (exact) mass is 194 g/mol. The molecule has 0 heterocycles. The van der Waals surface area contributed by atoms with Crippen molar-refractivity contribution < 1.29 is 9.28 Å². The first-order valence-electron chi connectivity index (χ1n) is 4.74. The van der Waals surface area contributed by atoms with Gasteiger partial charge in [0, 0.05) is 5.56 Å². The van der Waals surface area contributed by atoms with E-state index in [1.807, 2.05) is 0 Å². The molecule has 0 radical (unpaired) electrons. The zero-order chi connectivity index (χ0) is 11.0. The summed E-state index contributed by atoms with van der Waals surface area (Å²) < 4.78 is 0.990. The Hall–Kier alpha value is -1.15. The van der Waals surface area contributed by atoms with E-state index in [1.54, 1.807) is 0 Å². The lowest BCUT2D eigenvalue weighted by Crippen LogP contribution is -2.33. The molecule has 0 aliphatic carbocycles. The minimum Gasteiger partial charge on any atom is -0.327 e. The molecule has 0 saturated carbocycles. The van der Waals surface area contributed by atoms with Gasteiger partial charge in [-0.1, -0.05) is 30.3 Å². The van der Waals surface area contributed by atoms with Gasteiger partial charge in [-0.05, 0) is 6.92 Å². The molecular formula is C12H20NO+. The summed E-state index contributed by atoms with van der Waals surface area (Å²) in [4.78, 5) is 8.81. The molecule has 0 spiro atoms. The molecule has 0 aliphatic heterocycles. The molecule has 1 aromatic carbocycles. The van der Waals surface area contributed by atoms with Gasteiger partial charge in [0.25, 0.3) is 0 Å². The van der Waals surface area contributed by atoms with E-state index < -0.39 is 0 Å². The van der Waals surface area contributed by atoms with Crippen molar-refractivity contribution in [2.45, 2.75) is 13.5 Å². The van der Waals surface area contributed by atoms with Crippen molar-refractivity contribution in [1.29, 1.82) is 0 Å². The summed E-state index contributed by atoms with van der Waals surface area (Å²) in [6.45, 7) is 2.54. The van der Waals surface area contributed by atoms with Crippen LogP contribution in [0.15, 0.2) is 30.3 Å². The number of quaternary nitrogens is 1. The first-order valence-corrected chi connectivity index (χ1v) is 4.74. The van der Waals surface area contributed by atoms with Crippen LogP contribution in [0.2, 0.25) is 0 Å². The van der Waals surface area contributed by atoms with Crippen LogP contribution in [0.3, 0.4) is 0 Å². The lowest BCUT2D eigenvalue weighted by atomic mass is 10.2. The SMILES string of the molecule is CC=O.C[N+](C)(C)Cc1ccccc1. The summed E-state index contributed by atoms with van der Waals surface area (Å²) in [5.41, 5.74) is 1.40. The molecule has 0 N–H and O–H groups in total. The molecule has 0 amide bonds. The number of aldehydes is 1. The summed E-state index contributed by atoms with van der Waals surface area (Å²) in [5.74, 6) is 0. The molecule has 14 heavy (non-hydrogen) atoms. The summed E-state index contributed by atoms with van der Waals surface area (Å²) in [5, 5.41) is 0. The van der Waals surface area contributed by atoms with E-state index in [1.165, 1.54) is 12.5 Å². The fourth-order valence-electron chi connectivity index (χ4n) is 1.13. The predicted octanol–water partition coefficient (Wildman–Crippen LogP) is 2.10. The number of nitrogens with zero attached hydrogens (tertiary/aromatic N) is 1. The first-order chi connectivity index (χ1) is 6.49. The number of rotatable bonds is 2. The van der Waals surface area contributed by atoms with Gasteiger partial charge in [0.15, 0.2) is 0 Å². The molecule has 0 fully saturated rings. The van der Waals surface area contributed by atoms with Crippen LogP contribution in [-0.2, 0) is 11.3 Å². The van der Waals surface area contributed by atoms with Gasteiger partial charge in [-0.3, -0.25) is 0 Å². The second-order valence-electron chi connectivity index (χ2n) is 4.17. The standard InChI is InChI=1S/C10H16N.C2H4O/c1-11(2,3)9-10-7-5-4-6-8-10;1-2-3/h4-8H,9H2,1-3H3;2H,1H3/q+1;. The highest BCUT2D eigenvalue weighted by Crippen LogP contribution is 2.04. The maximum Gasteiger partial charge on any atom is 0.116 e. The van der Waals surface area contributed by atoms with Crippen molar-refractivity contribution in [2.24, 2.45) is 0 Å². The van der Waals surface area contributed by atoms with Crippen molar-refractivity contribution in [3.05, 3.63) is 35.9 Å². The van der Waals surface area contributed by atoms with E-state index in [2.05, 4.69) is 51.5 Å². The van der Waals surface area contributed by atoms with E-state index in [9.17, 15) is 0 Å². The van der Waals surface area contributed by atoms with Crippen LogP contribution >= 0.6 is 0 Å². The molecule has 1 aromatic rings. The third-order valence-corrected chi connectivity index (χ3v) is 1.50. The maximum absolute atomic E-state index is 8.81. The molecule has 2 heteroatoms. The number of carbonyl (C=O) groups excluding carboxylic acids is 1. The van der Waals surface area contributed by atoms with Crippen LogP contribution in [0.1, 0.15) is 12.5 Å². The molecule has 0 atom stereocenters. The zero-order valence-electron chi connectivity index (χ0n) is 9.53. The third-order valence-electron chi connectivity index (χ3n) is 1.50. The molecule has 0 saturated heterocycles. The molecule has 1 rings (SSSR count). The topological polar surface area (TPSA) is 17.1 Å². The quantitative estimate of drug-likeness (QED) is 0.520. The Morgan fingerprint density at radius 1 is 1.14 bits per heavy atom. The van der Waals surface area contributed by atoms with Gasteiger partial charge in [-0.2, -0.15) is 0 Å². The average Bonchev–Trinajstić information content (AvgIpc) is 2.04. The van der Waals surface area contributed by atoms with Gasteiger partial charge in [-0.15, -0.1) is 0 Å². The van der Waals surface area contributed by atoms with E-state index in [0.29, 0.717) is 0 Å². The highest BCUT2D eigenvalue weighted by Gasteiger charge is 2.06. The van der Waals surface area contributed by atoms with Crippen molar-refractivity contribution in [3.8, 4) is 0 Å². The number of hydrogen-bond donors (Lipinski definition) is 0. The zero-order valence-corrected chi connectivity index (χ0v) is 9.53. The number of hydrogen-bond acceptors (Lipinski definition) is 1. The van der Waals surface area contributed by atoms with E-state index >= 15 is 0 Å². The minimum absolute atomic E-state index is 0.750. The average molecular weight is 194 g/mol. The Labute approximate surface area is 86.8 Å².